The Morgan fingerprint density at radius 3 is 2.64 bits per heavy atom. The van der Waals surface area contributed by atoms with Crippen LogP contribution in [0.3, 0.4) is 0 Å². The van der Waals surface area contributed by atoms with Crippen molar-refractivity contribution in [3.63, 3.8) is 0 Å². The van der Waals surface area contributed by atoms with Crippen LogP contribution >= 0.6 is 0 Å². The number of phenols is 1. The largest absolute Gasteiger partial charge is 0.507 e. The van der Waals surface area contributed by atoms with E-state index in [4.69, 9.17) is 0 Å². The summed E-state index contributed by atoms with van der Waals surface area (Å²) in [4.78, 5) is 12.3. The van der Waals surface area contributed by atoms with Gasteiger partial charge in [0.1, 0.15) is 11.4 Å². The molecule has 22 heavy (non-hydrogen) atoms. The van der Waals surface area contributed by atoms with Crippen molar-refractivity contribution in [2.45, 2.75) is 6.42 Å². The lowest BCUT2D eigenvalue weighted by molar-refractivity contribution is 0.0946. The molecule has 0 spiro atoms. The molecule has 2 aromatic carbocycles. The predicted octanol–water partition coefficient (Wildman–Crippen LogP) is 2.86. The standard InChI is InChI=1S/C18H18N2O2/c1-20-15-8-5-9-17(21)14(15)12-16(20)18(22)19-11-10-13-6-3-2-4-7-13/h2-9,12,21H,10-11H2,1H3,(H,19,22). The molecule has 0 radical (unpaired) electrons. The van der Waals surface area contributed by atoms with Crippen LogP contribution in [0.4, 0.5) is 0 Å². The Kier molecular flexibility index (Phi) is 3.83. The molecular weight excluding hydrogens is 276 g/mol. The molecule has 4 nitrogen and oxygen atoms in total. The van der Waals surface area contributed by atoms with Crippen LogP contribution < -0.4 is 5.32 Å². The lowest BCUT2D eigenvalue weighted by atomic mass is 10.1. The fraction of sp³-hybridized carbons (Fsp3) is 0.167. The first-order chi connectivity index (χ1) is 10.7. The maximum Gasteiger partial charge on any atom is 0.267 e. The van der Waals surface area contributed by atoms with Crippen LogP contribution in [-0.4, -0.2) is 22.1 Å². The second kappa shape index (κ2) is 5.93. The number of benzene rings is 2. The molecule has 0 atom stereocenters. The summed E-state index contributed by atoms with van der Waals surface area (Å²) in [7, 11) is 1.83. The molecule has 112 valence electrons. The van der Waals surface area contributed by atoms with Gasteiger partial charge in [-0.2, -0.15) is 0 Å². The van der Waals surface area contributed by atoms with Gasteiger partial charge in [-0.3, -0.25) is 4.79 Å². The summed E-state index contributed by atoms with van der Waals surface area (Å²) >= 11 is 0. The van der Waals surface area contributed by atoms with E-state index in [2.05, 4.69) is 5.32 Å². The summed E-state index contributed by atoms with van der Waals surface area (Å²) in [6.45, 7) is 0.580. The number of nitrogens with one attached hydrogen (secondary N) is 1. The number of amides is 1. The summed E-state index contributed by atoms with van der Waals surface area (Å²) in [5.41, 5.74) is 2.58. The Morgan fingerprint density at radius 1 is 1.14 bits per heavy atom. The van der Waals surface area contributed by atoms with Crippen molar-refractivity contribution in [3.8, 4) is 5.75 Å². The van der Waals surface area contributed by atoms with Crippen LogP contribution in [-0.2, 0) is 13.5 Å². The molecule has 2 N–H and O–H groups in total. The fourth-order valence-electron chi connectivity index (χ4n) is 2.62. The smallest absolute Gasteiger partial charge is 0.267 e. The van der Waals surface area contributed by atoms with Crippen LogP contribution in [0, 0.1) is 0 Å². The van der Waals surface area contributed by atoms with E-state index in [1.807, 2.05) is 43.4 Å². The van der Waals surface area contributed by atoms with Crippen molar-refractivity contribution in [2.75, 3.05) is 6.54 Å². The maximum atomic E-state index is 12.3. The molecule has 0 fully saturated rings. The average Bonchev–Trinajstić information content (AvgIpc) is 2.87. The topological polar surface area (TPSA) is 54.3 Å². The fourth-order valence-corrected chi connectivity index (χ4v) is 2.62. The molecule has 0 bridgehead atoms. The summed E-state index contributed by atoms with van der Waals surface area (Å²) in [6.07, 6.45) is 0.793. The van der Waals surface area contributed by atoms with Gasteiger partial charge in [-0.1, -0.05) is 36.4 Å². The van der Waals surface area contributed by atoms with E-state index in [1.165, 1.54) is 5.56 Å². The molecular formula is C18H18N2O2. The highest BCUT2D eigenvalue weighted by molar-refractivity contribution is 6.00. The third kappa shape index (κ3) is 2.68. The Hall–Kier alpha value is -2.75. The molecule has 0 unspecified atom stereocenters. The Bertz CT molecular complexity index is 807. The SMILES string of the molecule is Cn1c(C(=O)NCCc2ccccc2)cc2c(O)cccc21. The number of rotatable bonds is 4. The van der Waals surface area contributed by atoms with E-state index in [9.17, 15) is 9.90 Å². The van der Waals surface area contributed by atoms with Crippen molar-refractivity contribution < 1.29 is 9.90 Å². The molecule has 1 aromatic heterocycles. The zero-order valence-corrected chi connectivity index (χ0v) is 12.4. The quantitative estimate of drug-likeness (QED) is 0.777. The maximum absolute atomic E-state index is 12.3. The van der Waals surface area contributed by atoms with E-state index in [0.717, 1.165) is 11.9 Å². The van der Waals surface area contributed by atoms with E-state index in [-0.39, 0.29) is 11.7 Å². The lowest BCUT2D eigenvalue weighted by Gasteiger charge is -2.06. The minimum absolute atomic E-state index is 0.131. The van der Waals surface area contributed by atoms with Crippen molar-refractivity contribution in [2.24, 2.45) is 7.05 Å². The molecule has 1 heterocycles. The molecule has 0 saturated carbocycles. The van der Waals surface area contributed by atoms with Crippen molar-refractivity contribution >= 4 is 16.8 Å². The minimum atomic E-state index is -0.131. The highest BCUT2D eigenvalue weighted by atomic mass is 16.3. The van der Waals surface area contributed by atoms with Crippen LogP contribution in [0.2, 0.25) is 0 Å². The summed E-state index contributed by atoms with van der Waals surface area (Å²) in [6, 6.07) is 17.0. The zero-order valence-electron chi connectivity index (χ0n) is 12.4. The van der Waals surface area contributed by atoms with Gasteiger partial charge >= 0.3 is 0 Å². The number of phenolic OH excluding ortho intramolecular Hbond substituents is 1. The second-order valence-corrected chi connectivity index (χ2v) is 5.29. The molecule has 0 aliphatic rings. The van der Waals surface area contributed by atoms with Gasteiger partial charge in [-0.25, -0.2) is 0 Å². The number of hydrogen-bond donors (Lipinski definition) is 2. The number of carbonyl (C=O) groups is 1. The highest BCUT2D eigenvalue weighted by Gasteiger charge is 2.14. The molecule has 3 aromatic rings. The van der Waals surface area contributed by atoms with Crippen molar-refractivity contribution in [3.05, 3.63) is 65.9 Å². The first-order valence-electron chi connectivity index (χ1n) is 7.26. The highest BCUT2D eigenvalue weighted by Crippen LogP contribution is 2.26. The predicted molar refractivity (Wildman–Crippen MR) is 87.1 cm³/mol. The van der Waals surface area contributed by atoms with Crippen molar-refractivity contribution in [1.29, 1.82) is 0 Å². The summed E-state index contributed by atoms with van der Waals surface area (Å²) in [5, 5.41) is 13.5. The third-order valence-corrected chi connectivity index (χ3v) is 3.84. The first-order valence-corrected chi connectivity index (χ1v) is 7.26. The Balaban J connectivity index is 1.73. The zero-order chi connectivity index (χ0) is 15.5. The van der Waals surface area contributed by atoms with Gasteiger partial charge in [-0.15, -0.1) is 0 Å². The van der Waals surface area contributed by atoms with Gasteiger partial charge in [0.15, 0.2) is 0 Å². The summed E-state index contributed by atoms with van der Waals surface area (Å²) < 4.78 is 1.80. The average molecular weight is 294 g/mol. The molecule has 0 aliphatic carbocycles. The normalized spacial score (nSPS) is 10.8. The van der Waals surface area contributed by atoms with Gasteiger partial charge in [-0.05, 0) is 30.2 Å². The van der Waals surface area contributed by atoms with Crippen LogP contribution in [0.15, 0.2) is 54.6 Å². The third-order valence-electron chi connectivity index (χ3n) is 3.84. The molecule has 0 saturated heterocycles. The van der Waals surface area contributed by atoms with E-state index >= 15 is 0 Å². The number of nitrogens with zero attached hydrogens (tertiary/aromatic N) is 1. The van der Waals surface area contributed by atoms with Gasteiger partial charge in [0, 0.05) is 19.0 Å². The number of aromatic hydroxyl groups is 1. The number of fused-ring (bicyclic) bond motifs is 1. The summed E-state index contributed by atoms with van der Waals surface area (Å²) in [5.74, 6) is 0.0606. The number of aryl methyl sites for hydroxylation is 1. The minimum Gasteiger partial charge on any atom is -0.507 e. The monoisotopic (exact) mass is 294 g/mol. The van der Waals surface area contributed by atoms with Crippen LogP contribution in [0.5, 0.6) is 5.75 Å². The molecule has 3 rings (SSSR count). The van der Waals surface area contributed by atoms with Gasteiger partial charge in [0.05, 0.1) is 5.52 Å². The number of carbonyl (C=O) groups excluding carboxylic acids is 1. The number of hydrogen-bond acceptors (Lipinski definition) is 2. The Morgan fingerprint density at radius 2 is 1.91 bits per heavy atom. The van der Waals surface area contributed by atoms with Crippen molar-refractivity contribution in [1.82, 2.24) is 9.88 Å². The lowest BCUT2D eigenvalue weighted by Crippen LogP contribution is -2.27. The van der Waals surface area contributed by atoms with Crippen LogP contribution in [0.25, 0.3) is 10.9 Å². The second-order valence-electron chi connectivity index (χ2n) is 5.29. The van der Waals surface area contributed by atoms with Crippen LogP contribution in [0.1, 0.15) is 16.1 Å². The number of aromatic nitrogens is 1. The first kappa shape index (κ1) is 14.2. The molecule has 0 aliphatic heterocycles. The van der Waals surface area contributed by atoms with Gasteiger partial charge in [0.25, 0.3) is 5.91 Å². The molecule has 4 heteroatoms. The van der Waals surface area contributed by atoms with E-state index in [0.29, 0.717) is 17.6 Å². The van der Waals surface area contributed by atoms with Gasteiger partial charge in [0.2, 0.25) is 0 Å². The molecule has 1 amide bonds. The van der Waals surface area contributed by atoms with Gasteiger partial charge < -0.3 is 15.0 Å². The van der Waals surface area contributed by atoms with E-state index < -0.39 is 0 Å². The van der Waals surface area contributed by atoms with E-state index in [1.54, 1.807) is 22.8 Å². The Labute approximate surface area is 129 Å².